The largest absolute Gasteiger partial charge is 0.497 e. The maximum Gasteiger partial charge on any atom is 0.243 e. The van der Waals surface area contributed by atoms with Gasteiger partial charge in [0, 0.05) is 44.5 Å². The smallest absolute Gasteiger partial charge is 0.243 e. The van der Waals surface area contributed by atoms with Crippen LogP contribution < -0.4 is 4.74 Å². The zero-order valence-electron chi connectivity index (χ0n) is 18.9. The van der Waals surface area contributed by atoms with E-state index in [0.29, 0.717) is 42.7 Å². The molecule has 0 amide bonds. The summed E-state index contributed by atoms with van der Waals surface area (Å²) >= 11 is 0. The van der Waals surface area contributed by atoms with E-state index in [-0.39, 0.29) is 0 Å². The minimum absolute atomic E-state index is 0.303. The van der Waals surface area contributed by atoms with Gasteiger partial charge in [-0.15, -0.1) is 0 Å². The average Bonchev–Trinajstić information content (AvgIpc) is 2.82. The second-order valence-corrected chi connectivity index (χ2v) is 10.3. The van der Waals surface area contributed by atoms with E-state index in [1.807, 2.05) is 18.2 Å². The highest BCUT2D eigenvalue weighted by atomic mass is 32.2. The number of nitrogens with zero attached hydrogens (tertiary/aromatic N) is 4. The molecule has 2 heterocycles. The van der Waals surface area contributed by atoms with E-state index in [9.17, 15) is 8.42 Å². The molecule has 7 nitrogen and oxygen atoms in total. The third kappa shape index (κ3) is 4.77. The molecule has 0 aliphatic carbocycles. The number of hydrogen-bond donors (Lipinski definition) is 0. The molecule has 0 saturated carbocycles. The monoisotopic (exact) mass is 454 g/mol. The Morgan fingerprint density at radius 3 is 2.31 bits per heavy atom. The normalized spacial score (nSPS) is 16.0. The van der Waals surface area contributed by atoms with Crippen LogP contribution in [0.4, 0.5) is 0 Å². The zero-order chi connectivity index (χ0) is 22.7. The molecule has 0 N–H and O–H groups in total. The lowest BCUT2D eigenvalue weighted by molar-refractivity contribution is 0.189. The van der Waals surface area contributed by atoms with Gasteiger partial charge in [0.25, 0.3) is 0 Å². The van der Waals surface area contributed by atoms with E-state index in [4.69, 9.17) is 14.7 Å². The van der Waals surface area contributed by atoms with E-state index in [2.05, 4.69) is 24.8 Å². The molecule has 0 radical (unpaired) electrons. The molecule has 3 aromatic rings. The summed E-state index contributed by atoms with van der Waals surface area (Å²) in [5.74, 6) is 1.82. The number of piperazine rings is 1. The number of hydrogen-bond acceptors (Lipinski definition) is 6. The fourth-order valence-corrected chi connectivity index (χ4v) is 5.47. The van der Waals surface area contributed by atoms with Crippen molar-refractivity contribution in [2.24, 2.45) is 0 Å². The number of rotatable bonds is 7. The molecular formula is C24H30N4O3S. The van der Waals surface area contributed by atoms with Crippen molar-refractivity contribution >= 4 is 20.9 Å². The molecule has 0 bridgehead atoms. The Labute approximate surface area is 190 Å². The molecule has 170 valence electrons. The highest BCUT2D eigenvalue weighted by molar-refractivity contribution is 7.89. The van der Waals surface area contributed by atoms with E-state index >= 15 is 0 Å². The Bertz CT molecular complexity index is 1170. The Morgan fingerprint density at radius 1 is 0.969 bits per heavy atom. The van der Waals surface area contributed by atoms with E-state index in [0.717, 1.165) is 35.4 Å². The standard InChI is InChI=1S/C24H30N4O3S/c1-18(2)24-21-6-4-5-7-22(21)25-23(26-24)12-13-27-14-16-28(17-15-27)32(29,30)20-10-8-19(31-3)9-11-20/h4-11,18H,12-17H2,1-3H3. The first-order valence-corrected chi connectivity index (χ1v) is 12.4. The SMILES string of the molecule is COc1ccc(S(=O)(=O)N2CCN(CCc3nc(C(C)C)c4ccccc4n3)CC2)cc1. The lowest BCUT2D eigenvalue weighted by atomic mass is 10.0. The van der Waals surface area contributed by atoms with Crippen LogP contribution in [0.1, 0.15) is 31.3 Å². The van der Waals surface area contributed by atoms with Crippen LogP contribution in [0.2, 0.25) is 0 Å². The number of methoxy groups -OCH3 is 1. The van der Waals surface area contributed by atoms with Crippen molar-refractivity contribution < 1.29 is 13.2 Å². The summed E-state index contributed by atoms with van der Waals surface area (Å²) in [6.45, 7) is 7.46. The van der Waals surface area contributed by atoms with Crippen LogP contribution in [0, 0.1) is 0 Å². The molecule has 0 unspecified atom stereocenters. The molecule has 32 heavy (non-hydrogen) atoms. The van der Waals surface area contributed by atoms with Gasteiger partial charge >= 0.3 is 0 Å². The molecule has 1 fully saturated rings. The number of benzene rings is 2. The average molecular weight is 455 g/mol. The van der Waals surface area contributed by atoms with Crippen LogP contribution in [-0.4, -0.2) is 67.4 Å². The first-order valence-electron chi connectivity index (χ1n) is 11.0. The van der Waals surface area contributed by atoms with Crippen LogP contribution in [0.5, 0.6) is 5.75 Å². The van der Waals surface area contributed by atoms with E-state index in [1.165, 1.54) is 0 Å². The molecule has 1 saturated heterocycles. The predicted molar refractivity (Wildman–Crippen MR) is 126 cm³/mol. The summed E-state index contributed by atoms with van der Waals surface area (Å²) in [7, 11) is -1.93. The molecule has 1 aliphatic heterocycles. The quantitative estimate of drug-likeness (QED) is 0.545. The molecule has 4 rings (SSSR count). The highest BCUT2D eigenvalue weighted by Crippen LogP contribution is 2.23. The van der Waals surface area contributed by atoms with Crippen molar-refractivity contribution in [2.75, 3.05) is 39.8 Å². The van der Waals surface area contributed by atoms with Crippen molar-refractivity contribution in [3.8, 4) is 5.75 Å². The van der Waals surface area contributed by atoms with Crippen LogP contribution in [-0.2, 0) is 16.4 Å². The maximum atomic E-state index is 12.9. The predicted octanol–water partition coefficient (Wildman–Crippen LogP) is 3.31. The van der Waals surface area contributed by atoms with Crippen molar-refractivity contribution in [2.45, 2.75) is 31.1 Å². The van der Waals surface area contributed by atoms with Gasteiger partial charge in [0.1, 0.15) is 11.6 Å². The second kappa shape index (κ2) is 9.52. The highest BCUT2D eigenvalue weighted by Gasteiger charge is 2.28. The van der Waals surface area contributed by atoms with Gasteiger partial charge in [-0.1, -0.05) is 32.0 Å². The number of aromatic nitrogens is 2. The van der Waals surface area contributed by atoms with Gasteiger partial charge in [0.05, 0.1) is 23.2 Å². The first-order chi connectivity index (χ1) is 15.4. The Kier molecular flexibility index (Phi) is 6.74. The lowest BCUT2D eigenvalue weighted by Crippen LogP contribution is -2.49. The van der Waals surface area contributed by atoms with Gasteiger partial charge in [-0.25, -0.2) is 18.4 Å². The van der Waals surface area contributed by atoms with E-state index < -0.39 is 10.0 Å². The third-order valence-corrected chi connectivity index (χ3v) is 7.82. The summed E-state index contributed by atoms with van der Waals surface area (Å²) in [4.78, 5) is 12.2. The fraction of sp³-hybridized carbons (Fsp3) is 0.417. The zero-order valence-corrected chi connectivity index (χ0v) is 19.7. The fourth-order valence-electron chi connectivity index (χ4n) is 4.05. The van der Waals surface area contributed by atoms with Crippen molar-refractivity contribution in [3.05, 3.63) is 60.0 Å². The molecule has 8 heteroatoms. The Hall–Kier alpha value is -2.55. The van der Waals surface area contributed by atoms with Crippen molar-refractivity contribution in [3.63, 3.8) is 0 Å². The summed E-state index contributed by atoms with van der Waals surface area (Å²) < 4.78 is 32.6. The van der Waals surface area contributed by atoms with Gasteiger partial charge in [-0.05, 0) is 36.2 Å². The number of fused-ring (bicyclic) bond motifs is 1. The second-order valence-electron chi connectivity index (χ2n) is 8.37. The van der Waals surface area contributed by atoms with Crippen molar-refractivity contribution in [1.82, 2.24) is 19.2 Å². The van der Waals surface area contributed by atoms with Crippen molar-refractivity contribution in [1.29, 1.82) is 0 Å². The summed E-state index contributed by atoms with van der Waals surface area (Å²) in [6.07, 6.45) is 0.746. The topological polar surface area (TPSA) is 75.6 Å². The summed E-state index contributed by atoms with van der Waals surface area (Å²) in [6, 6.07) is 14.7. The molecule has 0 spiro atoms. The van der Waals surface area contributed by atoms with Crippen LogP contribution >= 0.6 is 0 Å². The number of ether oxygens (including phenoxy) is 1. The molecule has 1 aromatic heterocycles. The Balaban J connectivity index is 1.38. The summed E-state index contributed by atoms with van der Waals surface area (Å²) in [5.41, 5.74) is 2.07. The number of para-hydroxylation sites is 1. The van der Waals surface area contributed by atoms with Crippen LogP contribution in [0.15, 0.2) is 53.4 Å². The van der Waals surface area contributed by atoms with Gasteiger partial charge in [0.2, 0.25) is 10.0 Å². The molecule has 2 aromatic carbocycles. The van der Waals surface area contributed by atoms with Gasteiger partial charge in [0.15, 0.2) is 0 Å². The summed E-state index contributed by atoms with van der Waals surface area (Å²) in [5, 5.41) is 1.11. The van der Waals surface area contributed by atoms with E-state index in [1.54, 1.807) is 35.7 Å². The molecule has 1 aliphatic rings. The third-order valence-electron chi connectivity index (χ3n) is 5.91. The first kappa shape index (κ1) is 22.6. The number of sulfonamides is 1. The van der Waals surface area contributed by atoms with Gasteiger partial charge in [-0.2, -0.15) is 4.31 Å². The molecule has 0 atom stereocenters. The van der Waals surface area contributed by atoms with Crippen LogP contribution in [0.25, 0.3) is 10.9 Å². The Morgan fingerprint density at radius 2 is 1.66 bits per heavy atom. The lowest BCUT2D eigenvalue weighted by Gasteiger charge is -2.33. The molecular weight excluding hydrogens is 424 g/mol. The maximum absolute atomic E-state index is 12.9. The van der Waals surface area contributed by atoms with Crippen LogP contribution in [0.3, 0.4) is 0 Å². The van der Waals surface area contributed by atoms with Gasteiger partial charge in [-0.3, -0.25) is 0 Å². The minimum Gasteiger partial charge on any atom is -0.497 e. The minimum atomic E-state index is -3.49. The van der Waals surface area contributed by atoms with Gasteiger partial charge < -0.3 is 9.64 Å².